The lowest BCUT2D eigenvalue weighted by Gasteiger charge is -2.29. The summed E-state index contributed by atoms with van der Waals surface area (Å²) in [7, 11) is 2.12. The van der Waals surface area contributed by atoms with Gasteiger partial charge < -0.3 is 20.3 Å². The minimum atomic E-state index is 0.249. The Morgan fingerprint density at radius 2 is 2.07 bits per heavy atom. The molecule has 152 valence electrons. The normalized spacial score (nSPS) is 18.8. The van der Waals surface area contributed by atoms with Crippen molar-refractivity contribution in [2.75, 3.05) is 43.9 Å². The van der Waals surface area contributed by atoms with Crippen LogP contribution >= 0.6 is 0 Å². The molecule has 2 N–H and O–H groups in total. The molecule has 0 spiro atoms. The van der Waals surface area contributed by atoms with E-state index in [0.717, 1.165) is 75.4 Å². The maximum absolute atomic E-state index is 9.87. The van der Waals surface area contributed by atoms with E-state index in [1.54, 1.807) is 0 Å². The molecule has 1 aromatic heterocycles. The van der Waals surface area contributed by atoms with Gasteiger partial charge in [-0.1, -0.05) is 30.3 Å². The number of likely N-dealkylation sites (N-methyl/N-ethyl adjacent to an activating group) is 1. The molecule has 1 fully saturated rings. The summed E-state index contributed by atoms with van der Waals surface area (Å²) in [6.45, 7) is 4.13. The van der Waals surface area contributed by atoms with Crippen molar-refractivity contribution in [3.05, 3.63) is 52.6 Å². The van der Waals surface area contributed by atoms with Gasteiger partial charge in [-0.25, -0.2) is 4.98 Å². The van der Waals surface area contributed by atoms with Crippen LogP contribution in [0.1, 0.15) is 35.1 Å². The van der Waals surface area contributed by atoms with E-state index in [1.807, 2.05) is 6.07 Å². The summed E-state index contributed by atoms with van der Waals surface area (Å²) in [5, 5.41) is 16.8. The van der Waals surface area contributed by atoms with Gasteiger partial charge in [-0.15, -0.1) is 0 Å². The zero-order valence-electron chi connectivity index (χ0n) is 17.1. The molecule has 0 amide bonds. The lowest BCUT2D eigenvalue weighted by Crippen LogP contribution is -2.30. The molecule has 2 aromatic rings. The average molecular weight is 392 g/mol. The minimum Gasteiger partial charge on any atom is -0.376 e. The second-order valence-electron chi connectivity index (χ2n) is 7.92. The smallest absolute Gasteiger partial charge is 0.146 e. The highest BCUT2D eigenvalue weighted by molar-refractivity contribution is 5.66. The van der Waals surface area contributed by atoms with Crippen molar-refractivity contribution in [3.8, 4) is 6.07 Å². The number of nitrogens with one attached hydrogen (secondary N) is 2. The van der Waals surface area contributed by atoms with Crippen LogP contribution in [0.4, 0.5) is 11.6 Å². The molecule has 0 radical (unpaired) electrons. The van der Waals surface area contributed by atoms with Crippen LogP contribution in [0.25, 0.3) is 0 Å². The largest absolute Gasteiger partial charge is 0.376 e. The molecule has 2 aliphatic heterocycles. The molecule has 4 rings (SSSR count). The number of nitriles is 1. The topological polar surface area (TPSA) is 73.2 Å². The molecule has 2 aliphatic rings. The van der Waals surface area contributed by atoms with Crippen molar-refractivity contribution >= 4 is 11.6 Å². The first-order valence-corrected chi connectivity index (χ1v) is 10.5. The number of aromatic nitrogens is 1. The Hall–Kier alpha value is -2.62. The van der Waals surface area contributed by atoms with Gasteiger partial charge in [0.1, 0.15) is 17.7 Å². The van der Waals surface area contributed by atoms with Crippen LogP contribution in [0.3, 0.4) is 0 Å². The number of fused-ring (bicyclic) bond motifs is 1. The fourth-order valence-corrected chi connectivity index (χ4v) is 4.15. The molecule has 6 nitrogen and oxygen atoms in total. The highest BCUT2D eigenvalue weighted by atomic mass is 16.5. The fraction of sp³-hybridized carbons (Fsp3) is 0.478. The van der Waals surface area contributed by atoms with Crippen molar-refractivity contribution in [3.63, 3.8) is 0 Å². The monoisotopic (exact) mass is 391 g/mol. The summed E-state index contributed by atoms with van der Waals surface area (Å²) >= 11 is 0. The van der Waals surface area contributed by atoms with Crippen LogP contribution < -0.4 is 10.6 Å². The number of hydrogen-bond donors (Lipinski definition) is 2. The van der Waals surface area contributed by atoms with Crippen molar-refractivity contribution in [1.29, 1.82) is 5.26 Å². The van der Waals surface area contributed by atoms with E-state index in [9.17, 15) is 5.26 Å². The van der Waals surface area contributed by atoms with Gasteiger partial charge in [-0.2, -0.15) is 5.26 Å². The number of pyridine rings is 1. The number of hydrogen-bond acceptors (Lipinski definition) is 6. The van der Waals surface area contributed by atoms with Crippen LogP contribution in [0.2, 0.25) is 0 Å². The molecule has 0 bridgehead atoms. The Bertz CT molecular complexity index is 871. The predicted octanol–water partition coefficient (Wildman–Crippen LogP) is 3.19. The SMILES string of the molecule is CN1CCc2c(C#N)c(NCCc3ccccc3)nc(NC[C@@H]3CCCO3)c2C1. The zero-order valence-corrected chi connectivity index (χ0v) is 17.1. The van der Waals surface area contributed by atoms with Crippen LogP contribution in [0.15, 0.2) is 30.3 Å². The van der Waals surface area contributed by atoms with Gasteiger partial charge in [0.25, 0.3) is 0 Å². The second kappa shape index (κ2) is 9.25. The summed E-state index contributed by atoms with van der Waals surface area (Å²) in [5.74, 6) is 1.59. The van der Waals surface area contributed by atoms with Crippen LogP contribution in [0, 0.1) is 11.3 Å². The third-order valence-corrected chi connectivity index (χ3v) is 5.77. The molecule has 1 saturated heterocycles. The van der Waals surface area contributed by atoms with Crippen molar-refractivity contribution in [2.45, 2.75) is 38.3 Å². The molecule has 0 unspecified atom stereocenters. The van der Waals surface area contributed by atoms with Gasteiger partial charge >= 0.3 is 0 Å². The fourth-order valence-electron chi connectivity index (χ4n) is 4.15. The van der Waals surface area contributed by atoms with E-state index >= 15 is 0 Å². The predicted molar refractivity (Wildman–Crippen MR) is 115 cm³/mol. The molecule has 1 atom stereocenters. The van der Waals surface area contributed by atoms with Crippen LogP contribution in [-0.4, -0.2) is 49.3 Å². The van der Waals surface area contributed by atoms with Gasteiger partial charge in [-0.3, -0.25) is 0 Å². The molecule has 0 aliphatic carbocycles. The summed E-state index contributed by atoms with van der Waals surface area (Å²) in [5.41, 5.74) is 4.26. The molecular formula is C23H29N5O. The Morgan fingerprint density at radius 1 is 1.21 bits per heavy atom. The quantitative estimate of drug-likeness (QED) is 0.755. The maximum atomic E-state index is 9.87. The lowest BCUT2D eigenvalue weighted by atomic mass is 9.95. The summed E-state index contributed by atoms with van der Waals surface area (Å²) < 4.78 is 5.76. The number of benzene rings is 1. The first kappa shape index (κ1) is 19.7. The maximum Gasteiger partial charge on any atom is 0.146 e. The van der Waals surface area contributed by atoms with Gasteiger partial charge in [0.15, 0.2) is 0 Å². The van der Waals surface area contributed by atoms with Gasteiger partial charge in [0.2, 0.25) is 0 Å². The van der Waals surface area contributed by atoms with E-state index in [-0.39, 0.29) is 6.10 Å². The van der Waals surface area contributed by atoms with Gasteiger partial charge in [0.05, 0.1) is 11.7 Å². The minimum absolute atomic E-state index is 0.249. The number of ether oxygens (including phenoxy) is 1. The Labute approximate surface area is 172 Å². The van der Waals surface area contributed by atoms with Crippen molar-refractivity contribution in [2.24, 2.45) is 0 Å². The second-order valence-corrected chi connectivity index (χ2v) is 7.92. The number of anilines is 2. The van der Waals surface area contributed by atoms with Crippen molar-refractivity contribution in [1.82, 2.24) is 9.88 Å². The van der Waals surface area contributed by atoms with E-state index in [1.165, 1.54) is 5.56 Å². The Morgan fingerprint density at radius 3 is 2.83 bits per heavy atom. The molecule has 3 heterocycles. The molecular weight excluding hydrogens is 362 g/mol. The third kappa shape index (κ3) is 4.69. The Kier molecular flexibility index (Phi) is 6.28. The summed E-state index contributed by atoms with van der Waals surface area (Å²) in [4.78, 5) is 7.14. The molecule has 29 heavy (non-hydrogen) atoms. The van der Waals surface area contributed by atoms with Crippen molar-refractivity contribution < 1.29 is 4.74 Å². The highest BCUT2D eigenvalue weighted by Gasteiger charge is 2.25. The van der Waals surface area contributed by atoms with E-state index in [0.29, 0.717) is 11.4 Å². The molecule has 1 aromatic carbocycles. The highest BCUT2D eigenvalue weighted by Crippen LogP contribution is 2.31. The molecule has 6 heteroatoms. The summed E-state index contributed by atoms with van der Waals surface area (Å²) in [6.07, 6.45) is 4.23. The average Bonchev–Trinajstić information content (AvgIpc) is 3.26. The zero-order chi connectivity index (χ0) is 20.1. The molecule has 0 saturated carbocycles. The van der Waals surface area contributed by atoms with Gasteiger partial charge in [0, 0.05) is 38.3 Å². The van der Waals surface area contributed by atoms with Crippen LogP contribution in [0.5, 0.6) is 0 Å². The number of rotatable bonds is 7. The third-order valence-electron chi connectivity index (χ3n) is 5.77. The lowest BCUT2D eigenvalue weighted by molar-refractivity contribution is 0.120. The van der Waals surface area contributed by atoms with E-state index < -0.39 is 0 Å². The first-order valence-electron chi connectivity index (χ1n) is 10.5. The Balaban J connectivity index is 1.55. The standard InChI is InChI=1S/C23H29N5O/c1-28-12-10-19-20(14-24)22(25-11-9-17-6-3-2-4-7-17)27-23(21(19)16-28)26-15-18-8-5-13-29-18/h2-4,6-7,18H,5,8-13,15-16H2,1H3,(H2,25,26,27)/t18-/m0/s1. The van der Waals surface area contributed by atoms with Gasteiger partial charge in [-0.05, 0) is 43.9 Å². The number of nitrogens with zero attached hydrogens (tertiary/aromatic N) is 3. The van der Waals surface area contributed by atoms with E-state index in [4.69, 9.17) is 9.72 Å². The first-order chi connectivity index (χ1) is 14.2. The van der Waals surface area contributed by atoms with E-state index in [2.05, 4.69) is 52.9 Å². The van der Waals surface area contributed by atoms with Crippen LogP contribution in [-0.2, 0) is 24.1 Å². The summed E-state index contributed by atoms with van der Waals surface area (Å²) in [6, 6.07) is 12.8.